The number of piperidine rings is 1. The summed E-state index contributed by atoms with van der Waals surface area (Å²) >= 11 is 0. The molecule has 1 aliphatic rings. The molecule has 0 saturated carbocycles. The maximum absolute atomic E-state index is 12.6. The first-order valence-corrected chi connectivity index (χ1v) is 9.48. The lowest BCUT2D eigenvalue weighted by atomic mass is 10.1. The van der Waals surface area contributed by atoms with Gasteiger partial charge < -0.3 is 19.1 Å². The Morgan fingerprint density at radius 1 is 0.963 bits per heavy atom. The smallest absolute Gasteiger partial charge is 0.226 e. The van der Waals surface area contributed by atoms with Crippen molar-refractivity contribution in [2.45, 2.75) is 32.3 Å². The molecule has 27 heavy (non-hydrogen) atoms. The van der Waals surface area contributed by atoms with Gasteiger partial charge in [0, 0.05) is 25.9 Å². The fraction of sp³-hybridized carbons (Fsp3) is 0.409. The van der Waals surface area contributed by atoms with Crippen LogP contribution in [0, 0.1) is 0 Å². The first-order chi connectivity index (χ1) is 13.2. The minimum atomic E-state index is 0.146. The Morgan fingerprint density at radius 2 is 1.56 bits per heavy atom. The van der Waals surface area contributed by atoms with Crippen molar-refractivity contribution in [2.75, 3.05) is 26.8 Å². The van der Waals surface area contributed by atoms with E-state index < -0.39 is 0 Å². The molecule has 0 aromatic heterocycles. The Hall–Kier alpha value is -2.69. The van der Waals surface area contributed by atoms with Crippen LogP contribution in [0.3, 0.4) is 0 Å². The molecule has 5 nitrogen and oxygen atoms in total. The summed E-state index contributed by atoms with van der Waals surface area (Å²) in [5.74, 6) is 2.67. The largest absolute Gasteiger partial charge is 0.497 e. The van der Waals surface area contributed by atoms with Crippen molar-refractivity contribution >= 4 is 5.91 Å². The van der Waals surface area contributed by atoms with Gasteiger partial charge in [0.25, 0.3) is 0 Å². The van der Waals surface area contributed by atoms with E-state index in [9.17, 15) is 4.79 Å². The van der Waals surface area contributed by atoms with Gasteiger partial charge in [-0.2, -0.15) is 0 Å². The van der Waals surface area contributed by atoms with E-state index in [-0.39, 0.29) is 12.0 Å². The fourth-order valence-electron chi connectivity index (χ4n) is 3.23. The zero-order valence-corrected chi connectivity index (χ0v) is 16.0. The van der Waals surface area contributed by atoms with Gasteiger partial charge in [0.05, 0.1) is 20.1 Å². The molecule has 1 aliphatic heterocycles. The number of nitrogens with zero attached hydrogens (tertiary/aromatic N) is 1. The van der Waals surface area contributed by atoms with E-state index in [4.69, 9.17) is 14.2 Å². The first kappa shape index (κ1) is 19.1. The highest BCUT2D eigenvalue weighted by Gasteiger charge is 2.24. The van der Waals surface area contributed by atoms with Gasteiger partial charge in [-0.25, -0.2) is 0 Å². The molecule has 0 unspecified atom stereocenters. The highest BCUT2D eigenvalue weighted by Crippen LogP contribution is 2.22. The number of carbonyl (C=O) groups excluding carboxylic acids is 1. The third-order valence-corrected chi connectivity index (χ3v) is 4.75. The number of hydrogen-bond donors (Lipinski definition) is 0. The van der Waals surface area contributed by atoms with Crippen molar-refractivity contribution in [3.8, 4) is 17.2 Å². The zero-order chi connectivity index (χ0) is 19.1. The van der Waals surface area contributed by atoms with E-state index >= 15 is 0 Å². The monoisotopic (exact) mass is 369 g/mol. The highest BCUT2D eigenvalue weighted by atomic mass is 16.5. The summed E-state index contributed by atoms with van der Waals surface area (Å²) in [6.45, 7) is 4.07. The number of ether oxygens (including phenoxy) is 3. The number of hydrogen-bond acceptors (Lipinski definition) is 4. The van der Waals surface area contributed by atoms with Crippen molar-refractivity contribution < 1.29 is 19.0 Å². The molecule has 5 heteroatoms. The van der Waals surface area contributed by atoms with Gasteiger partial charge in [0.1, 0.15) is 23.4 Å². The summed E-state index contributed by atoms with van der Waals surface area (Å²) in [4.78, 5) is 14.5. The van der Waals surface area contributed by atoms with E-state index in [0.29, 0.717) is 13.0 Å². The standard InChI is InChI=1S/C22H27NO4/c1-3-26-19-6-4-17(5-7-19)16-22(24)23-14-12-21(13-15-23)27-20-10-8-18(25-2)9-11-20/h4-11,21H,3,12-16H2,1-2H3. The maximum atomic E-state index is 12.6. The molecular weight excluding hydrogens is 342 g/mol. The van der Waals surface area contributed by atoms with Crippen LogP contribution in [0.4, 0.5) is 0 Å². The molecule has 3 rings (SSSR count). The third kappa shape index (κ3) is 5.39. The van der Waals surface area contributed by atoms with Crippen LogP contribution in [-0.4, -0.2) is 43.7 Å². The predicted molar refractivity (Wildman–Crippen MR) is 105 cm³/mol. The van der Waals surface area contributed by atoms with Crippen molar-refractivity contribution in [3.05, 3.63) is 54.1 Å². The second-order valence-corrected chi connectivity index (χ2v) is 6.63. The van der Waals surface area contributed by atoms with Gasteiger partial charge in [0.2, 0.25) is 5.91 Å². The molecule has 144 valence electrons. The minimum Gasteiger partial charge on any atom is -0.497 e. The lowest BCUT2D eigenvalue weighted by molar-refractivity contribution is -0.132. The summed E-state index contributed by atoms with van der Waals surface area (Å²) in [5, 5.41) is 0. The van der Waals surface area contributed by atoms with Crippen LogP contribution in [0.2, 0.25) is 0 Å². The Morgan fingerprint density at radius 3 is 2.15 bits per heavy atom. The summed E-state index contributed by atoms with van der Waals surface area (Å²) in [5.41, 5.74) is 1.01. The van der Waals surface area contributed by atoms with Gasteiger partial charge in [-0.1, -0.05) is 12.1 Å². The summed E-state index contributed by atoms with van der Waals surface area (Å²) in [7, 11) is 1.65. The molecule has 0 atom stereocenters. The molecule has 0 aliphatic carbocycles. The van der Waals surface area contributed by atoms with Gasteiger partial charge in [-0.15, -0.1) is 0 Å². The normalized spacial score (nSPS) is 14.7. The Labute approximate surface area is 160 Å². The molecule has 1 heterocycles. The molecule has 0 spiro atoms. The molecule has 1 fully saturated rings. The van der Waals surface area contributed by atoms with Crippen LogP contribution in [0.1, 0.15) is 25.3 Å². The first-order valence-electron chi connectivity index (χ1n) is 9.48. The maximum Gasteiger partial charge on any atom is 0.226 e. The molecular formula is C22H27NO4. The second-order valence-electron chi connectivity index (χ2n) is 6.63. The van der Waals surface area contributed by atoms with Crippen LogP contribution in [-0.2, 0) is 11.2 Å². The van der Waals surface area contributed by atoms with Crippen molar-refractivity contribution in [2.24, 2.45) is 0 Å². The van der Waals surface area contributed by atoms with E-state index in [1.165, 1.54) is 0 Å². The lowest BCUT2D eigenvalue weighted by Crippen LogP contribution is -2.42. The molecule has 1 saturated heterocycles. The zero-order valence-electron chi connectivity index (χ0n) is 16.0. The van der Waals surface area contributed by atoms with Crippen LogP contribution < -0.4 is 14.2 Å². The summed E-state index contributed by atoms with van der Waals surface area (Å²) in [6, 6.07) is 15.4. The highest BCUT2D eigenvalue weighted by molar-refractivity contribution is 5.78. The molecule has 0 radical (unpaired) electrons. The van der Waals surface area contributed by atoms with Crippen LogP contribution in [0.25, 0.3) is 0 Å². The summed E-state index contributed by atoms with van der Waals surface area (Å²) < 4.78 is 16.6. The molecule has 0 N–H and O–H groups in total. The number of methoxy groups -OCH3 is 1. The Bertz CT molecular complexity index is 719. The average Bonchev–Trinajstić information content (AvgIpc) is 2.71. The van der Waals surface area contributed by atoms with Crippen molar-refractivity contribution in [3.63, 3.8) is 0 Å². The van der Waals surface area contributed by atoms with E-state index in [1.54, 1.807) is 7.11 Å². The van der Waals surface area contributed by atoms with Crippen molar-refractivity contribution in [1.29, 1.82) is 0 Å². The average molecular weight is 369 g/mol. The Kier molecular flexibility index (Phi) is 6.58. The lowest BCUT2D eigenvalue weighted by Gasteiger charge is -2.32. The quantitative estimate of drug-likeness (QED) is 0.747. The molecule has 1 amide bonds. The number of likely N-dealkylation sites (tertiary alicyclic amines) is 1. The van der Waals surface area contributed by atoms with Crippen molar-refractivity contribution in [1.82, 2.24) is 4.90 Å². The van der Waals surface area contributed by atoms with E-state index in [0.717, 1.165) is 48.7 Å². The number of benzene rings is 2. The second kappa shape index (κ2) is 9.31. The topological polar surface area (TPSA) is 48.0 Å². The van der Waals surface area contributed by atoms with E-state index in [2.05, 4.69) is 0 Å². The van der Waals surface area contributed by atoms with Crippen LogP contribution >= 0.6 is 0 Å². The number of amides is 1. The molecule has 2 aromatic carbocycles. The Balaban J connectivity index is 1.45. The van der Waals surface area contributed by atoms with Crippen LogP contribution in [0.15, 0.2) is 48.5 Å². The number of rotatable bonds is 7. The fourth-order valence-corrected chi connectivity index (χ4v) is 3.23. The predicted octanol–water partition coefficient (Wildman–Crippen LogP) is 3.71. The van der Waals surface area contributed by atoms with Gasteiger partial charge in [-0.05, 0) is 48.9 Å². The van der Waals surface area contributed by atoms with E-state index in [1.807, 2.05) is 60.4 Å². The minimum absolute atomic E-state index is 0.146. The summed E-state index contributed by atoms with van der Waals surface area (Å²) in [6.07, 6.45) is 2.27. The van der Waals surface area contributed by atoms with Gasteiger partial charge >= 0.3 is 0 Å². The van der Waals surface area contributed by atoms with Gasteiger partial charge in [-0.3, -0.25) is 4.79 Å². The SMILES string of the molecule is CCOc1ccc(CC(=O)N2CCC(Oc3ccc(OC)cc3)CC2)cc1. The van der Waals surface area contributed by atoms with Crippen LogP contribution in [0.5, 0.6) is 17.2 Å². The van der Waals surface area contributed by atoms with Gasteiger partial charge in [0.15, 0.2) is 0 Å². The molecule has 0 bridgehead atoms. The number of carbonyl (C=O) groups is 1. The molecule has 2 aromatic rings. The third-order valence-electron chi connectivity index (χ3n) is 4.75.